The van der Waals surface area contributed by atoms with E-state index in [4.69, 9.17) is 0 Å². The minimum atomic E-state index is 0.689. The van der Waals surface area contributed by atoms with E-state index in [1.807, 2.05) is 13.2 Å². The smallest absolute Gasteiger partial charge is 0.132 e. The molecule has 1 aromatic heterocycles. The molecule has 0 fully saturated rings. The maximum Gasteiger partial charge on any atom is 0.132 e. The van der Waals surface area contributed by atoms with Crippen molar-refractivity contribution in [3.05, 3.63) is 52.1 Å². The van der Waals surface area contributed by atoms with Crippen LogP contribution in [0.2, 0.25) is 0 Å². The van der Waals surface area contributed by atoms with Crippen molar-refractivity contribution in [3.63, 3.8) is 0 Å². The summed E-state index contributed by atoms with van der Waals surface area (Å²) >= 11 is 3.49. The number of nitrogens with zero attached hydrogens (tertiary/aromatic N) is 2. The van der Waals surface area contributed by atoms with Gasteiger partial charge >= 0.3 is 0 Å². The van der Waals surface area contributed by atoms with Crippen LogP contribution in [0.15, 0.2) is 41.0 Å². The Kier molecular flexibility index (Phi) is 4.81. The van der Waals surface area contributed by atoms with Crippen LogP contribution in [0.1, 0.15) is 25.0 Å². The van der Waals surface area contributed by atoms with Gasteiger partial charge in [0.2, 0.25) is 0 Å². The molecule has 2 aromatic rings. The molecule has 2 nitrogen and oxygen atoms in total. The first-order chi connectivity index (χ1) is 9.47. The maximum absolute atomic E-state index is 4.47. The van der Waals surface area contributed by atoms with Gasteiger partial charge in [-0.3, -0.25) is 0 Å². The van der Waals surface area contributed by atoms with Gasteiger partial charge in [0.05, 0.1) is 0 Å². The number of halogens is 1. The highest BCUT2D eigenvalue weighted by atomic mass is 79.9. The fourth-order valence-electron chi connectivity index (χ4n) is 2.17. The van der Waals surface area contributed by atoms with Crippen molar-refractivity contribution < 1.29 is 0 Å². The zero-order chi connectivity index (χ0) is 14.7. The average molecular weight is 333 g/mol. The number of aromatic nitrogens is 1. The first-order valence-corrected chi connectivity index (χ1v) is 7.71. The second-order valence-corrected chi connectivity index (χ2v) is 6.47. The molecule has 0 saturated heterocycles. The van der Waals surface area contributed by atoms with Crippen LogP contribution in [-0.4, -0.2) is 12.0 Å². The third-order valence-electron chi connectivity index (χ3n) is 3.34. The Hall–Kier alpha value is -1.35. The lowest BCUT2D eigenvalue weighted by Crippen LogP contribution is -2.11. The number of pyridine rings is 1. The van der Waals surface area contributed by atoms with Crippen LogP contribution in [0.25, 0.3) is 0 Å². The number of benzene rings is 1. The Balaban J connectivity index is 2.20. The number of anilines is 2. The summed E-state index contributed by atoms with van der Waals surface area (Å²) in [5, 5.41) is 0. The Labute approximate surface area is 130 Å². The highest BCUT2D eigenvalue weighted by molar-refractivity contribution is 9.10. The molecular weight excluding hydrogens is 312 g/mol. The first kappa shape index (κ1) is 15.0. The van der Waals surface area contributed by atoms with Crippen molar-refractivity contribution >= 4 is 27.4 Å². The zero-order valence-corrected chi connectivity index (χ0v) is 14.1. The Morgan fingerprint density at radius 1 is 1.20 bits per heavy atom. The van der Waals surface area contributed by atoms with E-state index in [0.717, 1.165) is 22.4 Å². The summed E-state index contributed by atoms with van der Waals surface area (Å²) in [6.07, 6.45) is 2.98. The summed E-state index contributed by atoms with van der Waals surface area (Å²) in [7, 11) is 2.05. The zero-order valence-electron chi connectivity index (χ0n) is 12.5. The van der Waals surface area contributed by atoms with Crippen molar-refractivity contribution in [3.8, 4) is 0 Å². The van der Waals surface area contributed by atoms with Crippen molar-refractivity contribution in [2.24, 2.45) is 5.92 Å². The fourth-order valence-corrected chi connectivity index (χ4v) is 2.38. The summed E-state index contributed by atoms with van der Waals surface area (Å²) in [4.78, 5) is 6.57. The topological polar surface area (TPSA) is 16.1 Å². The van der Waals surface area contributed by atoms with Crippen LogP contribution in [0.5, 0.6) is 0 Å². The quantitative estimate of drug-likeness (QED) is 0.772. The van der Waals surface area contributed by atoms with Crippen LogP contribution in [0.3, 0.4) is 0 Å². The summed E-state index contributed by atoms with van der Waals surface area (Å²) < 4.78 is 1.04. The van der Waals surface area contributed by atoms with Gasteiger partial charge in [-0.05, 0) is 64.5 Å². The van der Waals surface area contributed by atoms with Gasteiger partial charge in [0, 0.05) is 23.4 Å². The third-order valence-corrected chi connectivity index (χ3v) is 4.17. The van der Waals surface area contributed by atoms with Gasteiger partial charge in [-0.25, -0.2) is 4.98 Å². The molecule has 0 N–H and O–H groups in total. The van der Waals surface area contributed by atoms with E-state index in [9.17, 15) is 0 Å². The molecule has 0 aliphatic carbocycles. The molecular formula is C17H21BrN2. The van der Waals surface area contributed by atoms with Crippen LogP contribution in [0, 0.1) is 12.8 Å². The number of aryl methyl sites for hydroxylation is 1. The van der Waals surface area contributed by atoms with Crippen LogP contribution in [0.4, 0.5) is 11.5 Å². The monoisotopic (exact) mass is 332 g/mol. The van der Waals surface area contributed by atoms with Crippen LogP contribution < -0.4 is 4.90 Å². The molecule has 1 aromatic carbocycles. The van der Waals surface area contributed by atoms with Crippen molar-refractivity contribution in [1.82, 2.24) is 4.98 Å². The molecule has 0 aliphatic rings. The predicted octanol–water partition coefficient (Wildman–Crippen LogP) is 5.12. The fraction of sp³-hybridized carbons (Fsp3) is 0.353. The van der Waals surface area contributed by atoms with E-state index >= 15 is 0 Å². The van der Waals surface area contributed by atoms with Gasteiger partial charge < -0.3 is 4.90 Å². The van der Waals surface area contributed by atoms with Gasteiger partial charge in [-0.15, -0.1) is 0 Å². The van der Waals surface area contributed by atoms with Crippen molar-refractivity contribution in [2.45, 2.75) is 27.2 Å². The van der Waals surface area contributed by atoms with Crippen LogP contribution >= 0.6 is 15.9 Å². The number of rotatable bonds is 4. The lowest BCUT2D eigenvalue weighted by atomic mass is 10.0. The van der Waals surface area contributed by atoms with E-state index in [1.165, 1.54) is 11.1 Å². The molecule has 0 unspecified atom stereocenters. The Morgan fingerprint density at radius 2 is 1.85 bits per heavy atom. The van der Waals surface area contributed by atoms with Gasteiger partial charge in [0.15, 0.2) is 0 Å². The van der Waals surface area contributed by atoms with E-state index < -0.39 is 0 Å². The Morgan fingerprint density at radius 3 is 2.40 bits per heavy atom. The second kappa shape index (κ2) is 6.40. The summed E-state index contributed by atoms with van der Waals surface area (Å²) in [6.45, 7) is 6.57. The normalized spacial score (nSPS) is 10.9. The standard InChI is InChI=1S/C17H21BrN2/c1-12(2)9-14-5-7-15(8-6-14)20(4)17-10-13(3)16(18)11-19-17/h5-8,10-12H,9H2,1-4H3. The molecule has 20 heavy (non-hydrogen) atoms. The molecule has 0 saturated carbocycles. The molecule has 2 rings (SSSR count). The second-order valence-electron chi connectivity index (χ2n) is 5.62. The van der Waals surface area contributed by atoms with Gasteiger partial charge in [0.1, 0.15) is 5.82 Å². The van der Waals surface area contributed by atoms with Crippen molar-refractivity contribution in [1.29, 1.82) is 0 Å². The molecule has 0 spiro atoms. The summed E-state index contributed by atoms with van der Waals surface area (Å²) in [5.41, 5.74) is 3.74. The largest absolute Gasteiger partial charge is 0.329 e. The number of hydrogen-bond acceptors (Lipinski definition) is 2. The minimum Gasteiger partial charge on any atom is -0.329 e. The molecule has 0 atom stereocenters. The maximum atomic E-state index is 4.47. The third kappa shape index (κ3) is 3.60. The highest BCUT2D eigenvalue weighted by Crippen LogP contribution is 2.25. The highest BCUT2D eigenvalue weighted by Gasteiger charge is 2.07. The predicted molar refractivity (Wildman–Crippen MR) is 89.7 cm³/mol. The van der Waals surface area contributed by atoms with E-state index in [1.54, 1.807) is 0 Å². The first-order valence-electron chi connectivity index (χ1n) is 6.92. The van der Waals surface area contributed by atoms with Gasteiger partial charge in [-0.2, -0.15) is 0 Å². The number of hydrogen-bond donors (Lipinski definition) is 0. The van der Waals surface area contributed by atoms with E-state index in [-0.39, 0.29) is 0 Å². The molecule has 0 aliphatic heterocycles. The average Bonchev–Trinajstić information content (AvgIpc) is 2.41. The molecule has 0 radical (unpaired) electrons. The molecule has 0 amide bonds. The minimum absolute atomic E-state index is 0.689. The SMILES string of the molecule is Cc1cc(N(C)c2ccc(CC(C)C)cc2)ncc1Br. The van der Waals surface area contributed by atoms with E-state index in [0.29, 0.717) is 5.92 Å². The summed E-state index contributed by atoms with van der Waals surface area (Å²) in [6, 6.07) is 10.8. The molecule has 0 bridgehead atoms. The lowest BCUT2D eigenvalue weighted by molar-refractivity contribution is 0.647. The lowest BCUT2D eigenvalue weighted by Gasteiger charge is -2.19. The molecule has 3 heteroatoms. The molecule has 106 valence electrons. The van der Waals surface area contributed by atoms with Crippen molar-refractivity contribution in [2.75, 3.05) is 11.9 Å². The molecule has 1 heterocycles. The van der Waals surface area contributed by atoms with Gasteiger partial charge in [0.25, 0.3) is 0 Å². The van der Waals surface area contributed by atoms with Crippen LogP contribution in [-0.2, 0) is 6.42 Å². The van der Waals surface area contributed by atoms with E-state index in [2.05, 4.69) is 76.9 Å². The Bertz CT molecular complexity index is 576. The summed E-state index contributed by atoms with van der Waals surface area (Å²) in [5.74, 6) is 1.65. The van der Waals surface area contributed by atoms with Gasteiger partial charge in [-0.1, -0.05) is 26.0 Å².